The van der Waals surface area contributed by atoms with Crippen LogP contribution in [-0.2, 0) is 0 Å². The second kappa shape index (κ2) is 1.78. The van der Waals surface area contributed by atoms with Crippen molar-refractivity contribution in [1.29, 1.82) is 0 Å². The highest BCUT2D eigenvalue weighted by Gasteiger charge is 1.96. The second-order valence-electron chi connectivity index (χ2n) is 1.48. The Balaban J connectivity index is 2.74. The van der Waals surface area contributed by atoms with E-state index in [0.717, 1.165) is 0 Å². The van der Waals surface area contributed by atoms with E-state index in [4.69, 9.17) is 0 Å². The molecular formula is C5H7N3. The molecule has 0 amide bonds. The summed E-state index contributed by atoms with van der Waals surface area (Å²) in [6, 6.07) is 0. The van der Waals surface area contributed by atoms with Gasteiger partial charge in [-0.1, -0.05) is 6.58 Å². The minimum absolute atomic E-state index is 0.674. The highest BCUT2D eigenvalue weighted by atomic mass is 15.5. The van der Waals surface area contributed by atoms with E-state index in [0.29, 0.717) is 5.82 Å². The molecule has 3 heteroatoms. The molecule has 42 valence electrons. The van der Waals surface area contributed by atoms with Gasteiger partial charge in [0.15, 0.2) is 0 Å². The molecule has 0 radical (unpaired) electrons. The molecular weight excluding hydrogens is 102 g/mol. The Bertz CT molecular complexity index is 157. The molecule has 8 heavy (non-hydrogen) atoms. The lowest BCUT2D eigenvalue weighted by atomic mass is 10.7. The fourth-order valence-corrected chi connectivity index (χ4v) is 0.399. The first-order valence-electron chi connectivity index (χ1n) is 2.30. The summed E-state index contributed by atoms with van der Waals surface area (Å²) in [6.45, 7) is 3.61. The maximum absolute atomic E-state index is 3.87. The van der Waals surface area contributed by atoms with E-state index in [2.05, 4.69) is 16.7 Å². The van der Waals surface area contributed by atoms with Crippen LogP contribution in [0.2, 0.25) is 0 Å². The number of hydrogen-bond acceptors (Lipinski definition) is 3. The van der Waals surface area contributed by atoms with Gasteiger partial charge in [-0.25, -0.2) is 4.99 Å². The minimum Gasteiger partial charge on any atom is -0.251 e. The summed E-state index contributed by atoms with van der Waals surface area (Å²) in [5.41, 5.74) is 0. The molecule has 3 nitrogen and oxygen atoms in total. The highest BCUT2D eigenvalue weighted by molar-refractivity contribution is 6.16. The Hall–Kier alpha value is -1.12. The highest BCUT2D eigenvalue weighted by Crippen LogP contribution is 2.00. The molecule has 0 unspecified atom stereocenters. The zero-order chi connectivity index (χ0) is 5.98. The zero-order valence-electron chi connectivity index (χ0n) is 4.70. The first-order chi connectivity index (χ1) is 3.80. The summed E-state index contributed by atoms with van der Waals surface area (Å²) in [5, 5.41) is 5.48. The summed E-state index contributed by atoms with van der Waals surface area (Å²) < 4.78 is 0. The molecule has 0 saturated heterocycles. The average molecular weight is 109 g/mol. The van der Waals surface area contributed by atoms with Gasteiger partial charge in [0, 0.05) is 13.3 Å². The van der Waals surface area contributed by atoms with E-state index in [1.54, 1.807) is 24.5 Å². The molecule has 0 aromatic carbocycles. The molecule has 0 aromatic rings. The van der Waals surface area contributed by atoms with Gasteiger partial charge >= 0.3 is 0 Å². The van der Waals surface area contributed by atoms with Crippen molar-refractivity contribution < 1.29 is 0 Å². The van der Waals surface area contributed by atoms with Crippen molar-refractivity contribution in [3.05, 3.63) is 12.4 Å². The Morgan fingerprint density at radius 1 is 1.62 bits per heavy atom. The quantitative estimate of drug-likeness (QED) is 0.444. The number of hydrazone groups is 1. The first-order valence-corrected chi connectivity index (χ1v) is 2.30. The van der Waals surface area contributed by atoms with Gasteiger partial charge in [0.2, 0.25) is 0 Å². The van der Waals surface area contributed by atoms with Crippen LogP contribution < -0.4 is 0 Å². The monoisotopic (exact) mass is 109 g/mol. The minimum atomic E-state index is 0.674. The van der Waals surface area contributed by atoms with E-state index in [-0.39, 0.29) is 0 Å². The van der Waals surface area contributed by atoms with E-state index < -0.39 is 0 Å². The zero-order valence-corrected chi connectivity index (χ0v) is 4.70. The van der Waals surface area contributed by atoms with Crippen LogP contribution in [0.15, 0.2) is 22.5 Å². The third-order valence-electron chi connectivity index (χ3n) is 0.904. The smallest absolute Gasteiger partial charge is 0.141 e. The molecule has 1 rings (SSSR count). The van der Waals surface area contributed by atoms with Crippen molar-refractivity contribution in [2.75, 3.05) is 7.05 Å². The predicted octanol–water partition coefficient (Wildman–Crippen LogP) is 0.460. The lowest BCUT2D eigenvalue weighted by Gasteiger charge is -2.12. The lowest BCUT2D eigenvalue weighted by Crippen LogP contribution is -2.11. The van der Waals surface area contributed by atoms with Crippen molar-refractivity contribution in [2.24, 2.45) is 10.1 Å². The lowest BCUT2D eigenvalue weighted by molar-refractivity contribution is 0.444. The Morgan fingerprint density at radius 3 is 2.75 bits per heavy atom. The molecule has 1 aliphatic rings. The predicted molar refractivity (Wildman–Crippen MR) is 33.9 cm³/mol. The first kappa shape index (κ1) is 5.03. The van der Waals surface area contributed by atoms with Crippen LogP contribution in [-0.4, -0.2) is 24.5 Å². The fraction of sp³-hybridized carbons (Fsp3) is 0.200. The molecule has 0 spiro atoms. The number of aliphatic imine (C=N–C) groups is 1. The van der Waals surface area contributed by atoms with Gasteiger partial charge < -0.3 is 0 Å². The van der Waals surface area contributed by atoms with Gasteiger partial charge in [-0.2, -0.15) is 5.10 Å². The molecule has 0 saturated carbocycles. The van der Waals surface area contributed by atoms with E-state index in [1.165, 1.54) is 0 Å². The number of hydrogen-bond donors (Lipinski definition) is 0. The largest absolute Gasteiger partial charge is 0.251 e. The SMILES string of the molecule is C=C1N=CC=NN1C. The molecule has 0 aromatic heterocycles. The van der Waals surface area contributed by atoms with Crippen molar-refractivity contribution in [3.63, 3.8) is 0 Å². The van der Waals surface area contributed by atoms with Gasteiger partial charge in [0.05, 0.1) is 6.21 Å². The van der Waals surface area contributed by atoms with Crippen LogP contribution in [0.5, 0.6) is 0 Å². The van der Waals surface area contributed by atoms with Crippen molar-refractivity contribution in [2.45, 2.75) is 0 Å². The summed E-state index contributed by atoms with van der Waals surface area (Å²) in [4.78, 5) is 3.87. The summed E-state index contributed by atoms with van der Waals surface area (Å²) in [6.07, 6.45) is 3.23. The third kappa shape index (κ3) is 0.753. The Kier molecular flexibility index (Phi) is 1.12. The van der Waals surface area contributed by atoms with E-state index in [1.807, 2.05) is 0 Å². The number of nitrogens with zero attached hydrogens (tertiary/aromatic N) is 3. The molecule has 0 atom stereocenters. The van der Waals surface area contributed by atoms with Crippen LogP contribution >= 0.6 is 0 Å². The van der Waals surface area contributed by atoms with Crippen molar-refractivity contribution >= 4 is 12.4 Å². The number of rotatable bonds is 0. The maximum atomic E-state index is 3.87. The molecule has 0 fully saturated rings. The van der Waals surface area contributed by atoms with E-state index in [9.17, 15) is 0 Å². The molecule has 1 aliphatic heterocycles. The van der Waals surface area contributed by atoms with E-state index >= 15 is 0 Å². The summed E-state index contributed by atoms with van der Waals surface area (Å²) >= 11 is 0. The molecule has 0 aliphatic carbocycles. The Morgan fingerprint density at radius 2 is 2.38 bits per heavy atom. The van der Waals surface area contributed by atoms with Crippen LogP contribution in [0.1, 0.15) is 0 Å². The van der Waals surface area contributed by atoms with Gasteiger partial charge in [-0.3, -0.25) is 5.01 Å². The van der Waals surface area contributed by atoms with Gasteiger partial charge in [-0.15, -0.1) is 0 Å². The summed E-state index contributed by atoms with van der Waals surface area (Å²) in [5.74, 6) is 0.674. The molecule has 0 bridgehead atoms. The van der Waals surface area contributed by atoms with Gasteiger partial charge in [0.25, 0.3) is 0 Å². The second-order valence-corrected chi connectivity index (χ2v) is 1.48. The molecule has 0 N–H and O–H groups in total. The topological polar surface area (TPSA) is 28.0 Å². The van der Waals surface area contributed by atoms with Crippen molar-refractivity contribution in [1.82, 2.24) is 5.01 Å². The van der Waals surface area contributed by atoms with Gasteiger partial charge in [-0.05, 0) is 0 Å². The standard InChI is InChI=1S/C5H7N3/c1-5-6-3-4-7-8(5)2/h3-4H,1H2,2H3. The van der Waals surface area contributed by atoms with Crippen molar-refractivity contribution in [3.8, 4) is 0 Å². The van der Waals surface area contributed by atoms with Crippen LogP contribution in [0.3, 0.4) is 0 Å². The van der Waals surface area contributed by atoms with Crippen LogP contribution in [0.25, 0.3) is 0 Å². The average Bonchev–Trinajstić information content (AvgIpc) is 1.77. The van der Waals surface area contributed by atoms with Crippen LogP contribution in [0, 0.1) is 0 Å². The Labute approximate surface area is 48.0 Å². The van der Waals surface area contributed by atoms with Crippen LogP contribution in [0.4, 0.5) is 0 Å². The maximum Gasteiger partial charge on any atom is 0.141 e. The normalized spacial score (nSPS) is 17.6. The fourth-order valence-electron chi connectivity index (χ4n) is 0.399. The summed E-state index contributed by atoms with van der Waals surface area (Å²) in [7, 11) is 1.80. The third-order valence-corrected chi connectivity index (χ3v) is 0.904. The molecule has 1 heterocycles. The van der Waals surface area contributed by atoms with Gasteiger partial charge in [0.1, 0.15) is 5.82 Å².